The largest absolute Gasteiger partial charge is 0.314 e. The van der Waals surface area contributed by atoms with Crippen molar-refractivity contribution in [1.29, 1.82) is 0 Å². The molecule has 1 aromatic rings. The number of nitrogens with one attached hydrogen (secondary N) is 1. The maximum atomic E-state index is 4.30. The number of allylic oxidation sites excluding steroid dienone is 1. The van der Waals surface area contributed by atoms with Gasteiger partial charge < -0.3 is 9.88 Å². The molecule has 0 saturated heterocycles. The molecular formula is C13H22N4. The number of fused-ring (bicyclic) bond motifs is 1. The summed E-state index contributed by atoms with van der Waals surface area (Å²) in [4.78, 5) is 0. The van der Waals surface area contributed by atoms with Crippen LogP contribution in [0.2, 0.25) is 0 Å². The van der Waals surface area contributed by atoms with E-state index in [1.807, 2.05) is 6.08 Å². The fourth-order valence-corrected chi connectivity index (χ4v) is 2.45. The highest BCUT2D eigenvalue weighted by molar-refractivity contribution is 5.04. The Bertz CT molecular complexity index is 383. The summed E-state index contributed by atoms with van der Waals surface area (Å²) in [5.41, 5.74) is 0. The van der Waals surface area contributed by atoms with Crippen molar-refractivity contribution in [2.75, 3.05) is 0 Å². The minimum Gasteiger partial charge on any atom is -0.314 e. The van der Waals surface area contributed by atoms with Crippen LogP contribution in [0.1, 0.15) is 50.8 Å². The van der Waals surface area contributed by atoms with E-state index in [-0.39, 0.29) is 6.04 Å². The third-order valence-corrected chi connectivity index (χ3v) is 3.36. The SMILES string of the molecule is C=CCCC(C)NC(C)c1nnc2n1CCC2. The Labute approximate surface area is 103 Å². The number of hydrogen-bond acceptors (Lipinski definition) is 3. The van der Waals surface area contributed by atoms with Crippen molar-refractivity contribution in [2.45, 2.75) is 58.2 Å². The van der Waals surface area contributed by atoms with Crippen molar-refractivity contribution < 1.29 is 0 Å². The van der Waals surface area contributed by atoms with Crippen molar-refractivity contribution >= 4 is 0 Å². The van der Waals surface area contributed by atoms with Gasteiger partial charge in [-0.1, -0.05) is 6.08 Å². The average molecular weight is 234 g/mol. The van der Waals surface area contributed by atoms with Crippen LogP contribution in [0.4, 0.5) is 0 Å². The van der Waals surface area contributed by atoms with E-state index in [2.05, 4.69) is 40.5 Å². The van der Waals surface area contributed by atoms with Crippen molar-refractivity contribution in [1.82, 2.24) is 20.1 Å². The second-order valence-electron chi connectivity index (χ2n) is 4.89. The van der Waals surface area contributed by atoms with E-state index in [4.69, 9.17) is 0 Å². The Kier molecular flexibility index (Phi) is 3.94. The number of aryl methyl sites for hydroxylation is 1. The van der Waals surface area contributed by atoms with E-state index in [0.717, 1.165) is 37.5 Å². The average Bonchev–Trinajstić information content (AvgIpc) is 2.87. The lowest BCUT2D eigenvalue weighted by molar-refractivity contribution is 0.433. The van der Waals surface area contributed by atoms with Crippen LogP contribution in [0, 0.1) is 0 Å². The zero-order valence-electron chi connectivity index (χ0n) is 10.8. The van der Waals surface area contributed by atoms with Crippen molar-refractivity contribution in [3.8, 4) is 0 Å². The van der Waals surface area contributed by atoms with Crippen LogP contribution >= 0.6 is 0 Å². The molecule has 1 N–H and O–H groups in total. The molecule has 0 amide bonds. The van der Waals surface area contributed by atoms with Crippen LogP contribution in [0.15, 0.2) is 12.7 Å². The molecule has 1 aliphatic heterocycles. The smallest absolute Gasteiger partial charge is 0.149 e. The zero-order chi connectivity index (χ0) is 12.3. The summed E-state index contributed by atoms with van der Waals surface area (Å²) >= 11 is 0. The molecule has 17 heavy (non-hydrogen) atoms. The number of aromatic nitrogens is 3. The molecule has 2 atom stereocenters. The van der Waals surface area contributed by atoms with Gasteiger partial charge in [0.05, 0.1) is 6.04 Å². The first kappa shape index (κ1) is 12.3. The monoisotopic (exact) mass is 234 g/mol. The van der Waals surface area contributed by atoms with Crippen LogP contribution in [0.25, 0.3) is 0 Å². The summed E-state index contributed by atoms with van der Waals surface area (Å²) in [6.45, 7) is 9.21. The molecule has 0 spiro atoms. The lowest BCUT2D eigenvalue weighted by Gasteiger charge is -2.19. The number of hydrogen-bond donors (Lipinski definition) is 1. The van der Waals surface area contributed by atoms with Gasteiger partial charge in [-0.15, -0.1) is 16.8 Å². The summed E-state index contributed by atoms with van der Waals surface area (Å²) in [5.74, 6) is 2.23. The second kappa shape index (κ2) is 5.45. The van der Waals surface area contributed by atoms with E-state index >= 15 is 0 Å². The summed E-state index contributed by atoms with van der Waals surface area (Å²) in [6.07, 6.45) is 6.42. The first-order valence-corrected chi connectivity index (χ1v) is 6.51. The van der Waals surface area contributed by atoms with Crippen LogP contribution in [0.5, 0.6) is 0 Å². The Morgan fingerprint density at radius 2 is 2.29 bits per heavy atom. The summed E-state index contributed by atoms with van der Waals surface area (Å²) in [7, 11) is 0. The molecule has 0 aromatic carbocycles. The molecule has 1 aliphatic rings. The van der Waals surface area contributed by atoms with Crippen LogP contribution < -0.4 is 5.32 Å². The fraction of sp³-hybridized carbons (Fsp3) is 0.692. The van der Waals surface area contributed by atoms with Crippen molar-refractivity contribution in [3.05, 3.63) is 24.3 Å². The van der Waals surface area contributed by atoms with Gasteiger partial charge in [0.2, 0.25) is 0 Å². The molecule has 0 fully saturated rings. The van der Waals surface area contributed by atoms with Gasteiger partial charge in [-0.3, -0.25) is 0 Å². The fourth-order valence-electron chi connectivity index (χ4n) is 2.45. The molecule has 94 valence electrons. The van der Waals surface area contributed by atoms with Gasteiger partial charge in [0.15, 0.2) is 0 Å². The quantitative estimate of drug-likeness (QED) is 0.768. The van der Waals surface area contributed by atoms with Gasteiger partial charge in [0, 0.05) is 19.0 Å². The Balaban J connectivity index is 1.95. The van der Waals surface area contributed by atoms with E-state index in [1.54, 1.807) is 0 Å². The minimum absolute atomic E-state index is 0.272. The van der Waals surface area contributed by atoms with Gasteiger partial charge in [-0.2, -0.15) is 0 Å². The third-order valence-electron chi connectivity index (χ3n) is 3.36. The third kappa shape index (κ3) is 2.75. The second-order valence-corrected chi connectivity index (χ2v) is 4.89. The van der Waals surface area contributed by atoms with Crippen molar-refractivity contribution in [3.63, 3.8) is 0 Å². The molecule has 1 aromatic heterocycles. The van der Waals surface area contributed by atoms with E-state index in [1.165, 1.54) is 6.42 Å². The Morgan fingerprint density at radius 1 is 1.47 bits per heavy atom. The predicted octanol–water partition coefficient (Wildman–Crippen LogP) is 2.23. The standard InChI is InChI=1S/C13H22N4/c1-4-5-7-10(2)14-11(3)13-16-15-12-8-6-9-17(12)13/h4,10-11,14H,1,5-9H2,2-3H3. The first-order chi connectivity index (χ1) is 8.22. The Hall–Kier alpha value is -1.16. The van der Waals surface area contributed by atoms with Crippen LogP contribution in [0.3, 0.4) is 0 Å². The topological polar surface area (TPSA) is 42.7 Å². The zero-order valence-corrected chi connectivity index (χ0v) is 10.8. The molecule has 2 rings (SSSR count). The highest BCUT2D eigenvalue weighted by Crippen LogP contribution is 2.19. The van der Waals surface area contributed by atoms with Crippen molar-refractivity contribution in [2.24, 2.45) is 0 Å². The van der Waals surface area contributed by atoms with Crippen LogP contribution in [-0.4, -0.2) is 20.8 Å². The maximum Gasteiger partial charge on any atom is 0.149 e. The van der Waals surface area contributed by atoms with E-state index in [9.17, 15) is 0 Å². The van der Waals surface area contributed by atoms with E-state index in [0.29, 0.717) is 6.04 Å². The predicted molar refractivity (Wildman–Crippen MR) is 68.8 cm³/mol. The summed E-state index contributed by atoms with van der Waals surface area (Å²) in [5, 5.41) is 12.1. The van der Waals surface area contributed by atoms with E-state index < -0.39 is 0 Å². The molecule has 4 heteroatoms. The highest BCUT2D eigenvalue weighted by Gasteiger charge is 2.21. The normalized spacial score (nSPS) is 17.8. The molecular weight excluding hydrogens is 212 g/mol. The molecule has 4 nitrogen and oxygen atoms in total. The minimum atomic E-state index is 0.272. The number of rotatable bonds is 6. The highest BCUT2D eigenvalue weighted by atomic mass is 15.3. The van der Waals surface area contributed by atoms with Gasteiger partial charge >= 0.3 is 0 Å². The van der Waals surface area contributed by atoms with Gasteiger partial charge in [-0.05, 0) is 33.1 Å². The summed E-state index contributed by atoms with van der Waals surface area (Å²) < 4.78 is 2.26. The molecule has 0 saturated carbocycles. The molecule has 0 radical (unpaired) electrons. The molecule has 2 heterocycles. The number of nitrogens with zero attached hydrogens (tertiary/aromatic N) is 3. The van der Waals surface area contributed by atoms with Gasteiger partial charge in [0.1, 0.15) is 11.6 Å². The maximum absolute atomic E-state index is 4.30. The lowest BCUT2D eigenvalue weighted by Crippen LogP contribution is -2.30. The Morgan fingerprint density at radius 3 is 3.06 bits per heavy atom. The van der Waals surface area contributed by atoms with Gasteiger partial charge in [-0.25, -0.2) is 0 Å². The molecule has 0 aliphatic carbocycles. The van der Waals surface area contributed by atoms with Crippen LogP contribution in [-0.2, 0) is 13.0 Å². The van der Waals surface area contributed by atoms with Gasteiger partial charge in [0.25, 0.3) is 0 Å². The molecule has 2 unspecified atom stereocenters. The first-order valence-electron chi connectivity index (χ1n) is 6.51. The lowest BCUT2D eigenvalue weighted by atomic mass is 10.1. The molecule has 0 bridgehead atoms. The summed E-state index contributed by atoms with van der Waals surface area (Å²) in [6, 6.07) is 0.756.